The van der Waals surface area contributed by atoms with E-state index in [0.717, 1.165) is 24.5 Å². The predicted octanol–water partition coefficient (Wildman–Crippen LogP) is 5.24. The Hall–Kier alpha value is -3.33. The van der Waals surface area contributed by atoms with Crippen molar-refractivity contribution >= 4 is 63.7 Å². The Bertz CT molecular complexity index is 1270. The maximum absolute atomic E-state index is 12.7. The summed E-state index contributed by atoms with van der Waals surface area (Å²) in [7, 11) is 0. The van der Waals surface area contributed by atoms with Crippen LogP contribution >= 0.6 is 35.4 Å². The fraction of sp³-hybridized carbons (Fsp3) is 0.222. The summed E-state index contributed by atoms with van der Waals surface area (Å²) in [6.07, 6.45) is -0.826. The van der Waals surface area contributed by atoms with E-state index in [1.54, 1.807) is 25.1 Å². The Balaban J connectivity index is 1.24. The normalized spacial score (nSPS) is 14.0. The van der Waals surface area contributed by atoms with Crippen LogP contribution < -0.4 is 20.3 Å². The number of rotatable bonds is 6. The topological polar surface area (TPSA) is 73.9 Å². The van der Waals surface area contributed by atoms with Crippen molar-refractivity contribution in [3.8, 4) is 5.75 Å². The van der Waals surface area contributed by atoms with Gasteiger partial charge in [-0.05, 0) is 73.7 Å². The van der Waals surface area contributed by atoms with Gasteiger partial charge in [0.15, 0.2) is 11.2 Å². The summed E-state index contributed by atoms with van der Waals surface area (Å²) in [5.74, 6) is 0.00263. The van der Waals surface area contributed by atoms with E-state index in [4.69, 9.17) is 40.2 Å². The minimum atomic E-state index is -0.826. The van der Waals surface area contributed by atoms with E-state index in [1.807, 2.05) is 59.5 Å². The summed E-state index contributed by atoms with van der Waals surface area (Å²) < 4.78 is 5.62. The number of hydrogen-bond donors (Lipinski definition) is 2. The average molecular weight is 558 g/mol. The number of nitrogens with zero attached hydrogens (tertiary/aromatic N) is 2. The van der Waals surface area contributed by atoms with E-state index in [0.29, 0.717) is 34.4 Å². The molecule has 0 radical (unpaired) electrons. The van der Waals surface area contributed by atoms with Crippen molar-refractivity contribution in [2.75, 3.05) is 36.4 Å². The van der Waals surface area contributed by atoms with Crippen LogP contribution in [0, 0.1) is 0 Å². The lowest BCUT2D eigenvalue weighted by molar-refractivity contribution is -0.125. The Morgan fingerprint density at radius 1 is 0.946 bits per heavy atom. The van der Waals surface area contributed by atoms with Gasteiger partial charge >= 0.3 is 0 Å². The first kappa shape index (κ1) is 26.7. The van der Waals surface area contributed by atoms with E-state index < -0.39 is 12.0 Å². The van der Waals surface area contributed by atoms with Crippen LogP contribution in [0.1, 0.15) is 17.3 Å². The van der Waals surface area contributed by atoms with Crippen molar-refractivity contribution in [2.24, 2.45) is 0 Å². The zero-order valence-electron chi connectivity index (χ0n) is 20.1. The number of piperazine rings is 1. The largest absolute Gasteiger partial charge is 0.479 e. The highest BCUT2D eigenvalue weighted by Gasteiger charge is 2.22. The highest BCUT2D eigenvalue weighted by Crippen LogP contribution is 2.28. The minimum Gasteiger partial charge on any atom is -0.479 e. The number of carbonyl (C=O) groups excluding carboxylic acids is 2. The SMILES string of the molecule is CC(Oc1ccc(Cl)cc1Cl)C(=O)NC(=S)Nc1ccc(N2CCN(C(=O)c3ccccc3)CC2)cc1. The molecule has 192 valence electrons. The Kier molecular flexibility index (Phi) is 8.87. The molecule has 0 saturated carbocycles. The molecular formula is C27H26Cl2N4O3S. The van der Waals surface area contributed by atoms with E-state index in [-0.39, 0.29) is 11.0 Å². The van der Waals surface area contributed by atoms with E-state index in [1.165, 1.54) is 0 Å². The number of amides is 2. The highest BCUT2D eigenvalue weighted by atomic mass is 35.5. The van der Waals surface area contributed by atoms with Gasteiger partial charge in [0.1, 0.15) is 5.75 Å². The molecule has 1 aliphatic rings. The maximum Gasteiger partial charge on any atom is 0.266 e. The molecule has 1 saturated heterocycles. The molecule has 0 spiro atoms. The maximum atomic E-state index is 12.7. The van der Waals surface area contributed by atoms with Crippen LogP contribution in [0.5, 0.6) is 5.75 Å². The predicted molar refractivity (Wildman–Crippen MR) is 152 cm³/mol. The zero-order chi connectivity index (χ0) is 26.4. The number of anilines is 2. The Morgan fingerprint density at radius 2 is 1.62 bits per heavy atom. The van der Waals surface area contributed by atoms with Crippen molar-refractivity contribution in [3.63, 3.8) is 0 Å². The lowest BCUT2D eigenvalue weighted by atomic mass is 10.1. The summed E-state index contributed by atoms with van der Waals surface area (Å²) in [5, 5.41) is 6.59. The monoisotopic (exact) mass is 556 g/mol. The van der Waals surface area contributed by atoms with Crippen molar-refractivity contribution in [3.05, 3.63) is 88.4 Å². The van der Waals surface area contributed by atoms with Gasteiger partial charge in [-0.25, -0.2) is 0 Å². The van der Waals surface area contributed by atoms with E-state index in [2.05, 4.69) is 15.5 Å². The molecule has 3 aromatic rings. The lowest BCUT2D eigenvalue weighted by Crippen LogP contribution is -2.48. The number of ether oxygens (including phenoxy) is 1. The van der Waals surface area contributed by atoms with E-state index in [9.17, 15) is 9.59 Å². The fourth-order valence-corrected chi connectivity index (χ4v) is 4.55. The van der Waals surface area contributed by atoms with Crippen LogP contribution in [-0.2, 0) is 4.79 Å². The highest BCUT2D eigenvalue weighted by molar-refractivity contribution is 7.80. The average Bonchev–Trinajstić information content (AvgIpc) is 2.90. The van der Waals surface area contributed by atoms with Gasteiger partial charge in [0, 0.05) is 48.1 Å². The lowest BCUT2D eigenvalue weighted by Gasteiger charge is -2.36. The number of hydrogen-bond acceptors (Lipinski definition) is 5. The first-order valence-corrected chi connectivity index (χ1v) is 12.9. The third-order valence-electron chi connectivity index (χ3n) is 5.88. The number of halogens is 2. The molecule has 0 bridgehead atoms. The molecule has 3 aromatic carbocycles. The second-order valence-corrected chi connectivity index (χ2v) is 9.72. The zero-order valence-corrected chi connectivity index (χ0v) is 22.4. The molecular weight excluding hydrogens is 531 g/mol. The minimum absolute atomic E-state index is 0.0614. The van der Waals surface area contributed by atoms with Gasteiger partial charge in [0.25, 0.3) is 11.8 Å². The number of nitrogens with one attached hydrogen (secondary N) is 2. The molecule has 10 heteroatoms. The fourth-order valence-electron chi connectivity index (χ4n) is 3.88. The van der Waals surface area contributed by atoms with Crippen LogP contribution in [0.3, 0.4) is 0 Å². The molecule has 2 amide bonds. The van der Waals surface area contributed by atoms with Crippen LogP contribution in [0.4, 0.5) is 11.4 Å². The van der Waals surface area contributed by atoms with Gasteiger partial charge in [-0.1, -0.05) is 41.4 Å². The van der Waals surface area contributed by atoms with Gasteiger partial charge in [-0.2, -0.15) is 0 Å². The smallest absolute Gasteiger partial charge is 0.266 e. The molecule has 1 atom stereocenters. The van der Waals surface area contributed by atoms with Gasteiger partial charge in [0.2, 0.25) is 0 Å². The van der Waals surface area contributed by atoms with Crippen LogP contribution in [0.2, 0.25) is 10.0 Å². The van der Waals surface area contributed by atoms with Crippen LogP contribution in [-0.4, -0.2) is 54.1 Å². The summed E-state index contributed by atoms with van der Waals surface area (Å²) in [4.78, 5) is 29.3. The number of carbonyl (C=O) groups is 2. The van der Waals surface area contributed by atoms with E-state index >= 15 is 0 Å². The molecule has 1 aliphatic heterocycles. The molecule has 0 aromatic heterocycles. The first-order chi connectivity index (χ1) is 17.8. The second kappa shape index (κ2) is 12.3. The second-order valence-electron chi connectivity index (χ2n) is 8.47. The summed E-state index contributed by atoms with van der Waals surface area (Å²) in [6, 6.07) is 21.9. The summed E-state index contributed by atoms with van der Waals surface area (Å²) in [5.41, 5.74) is 2.50. The number of benzene rings is 3. The van der Waals surface area contributed by atoms with Crippen molar-refractivity contribution < 1.29 is 14.3 Å². The van der Waals surface area contributed by atoms with Crippen molar-refractivity contribution in [1.29, 1.82) is 0 Å². The third-order valence-corrected chi connectivity index (χ3v) is 6.62. The summed E-state index contributed by atoms with van der Waals surface area (Å²) >= 11 is 17.3. The quantitative estimate of drug-likeness (QED) is 0.404. The Labute approximate surface area is 231 Å². The van der Waals surface area contributed by atoms with Crippen LogP contribution in [0.15, 0.2) is 72.8 Å². The molecule has 1 fully saturated rings. The molecule has 2 N–H and O–H groups in total. The molecule has 7 nitrogen and oxygen atoms in total. The van der Waals surface area contributed by atoms with Gasteiger partial charge in [-0.15, -0.1) is 0 Å². The first-order valence-electron chi connectivity index (χ1n) is 11.7. The molecule has 4 rings (SSSR count). The van der Waals surface area contributed by atoms with Crippen molar-refractivity contribution in [2.45, 2.75) is 13.0 Å². The van der Waals surface area contributed by atoms with Crippen LogP contribution in [0.25, 0.3) is 0 Å². The van der Waals surface area contributed by atoms with Gasteiger partial charge in [0.05, 0.1) is 5.02 Å². The van der Waals surface area contributed by atoms with Crippen molar-refractivity contribution in [1.82, 2.24) is 10.2 Å². The molecule has 1 heterocycles. The molecule has 37 heavy (non-hydrogen) atoms. The third kappa shape index (κ3) is 7.13. The number of thiocarbonyl (C=S) groups is 1. The van der Waals surface area contributed by atoms with Gasteiger partial charge < -0.3 is 19.9 Å². The standard InChI is InChI=1S/C27H26Cl2N4O3S/c1-18(36-24-12-7-20(28)17-23(24)29)25(34)31-27(37)30-21-8-10-22(11-9-21)32-13-15-33(16-14-32)26(35)19-5-3-2-4-6-19/h2-12,17-18H,13-16H2,1H3,(H2,30,31,34,37). The molecule has 0 aliphatic carbocycles. The molecule has 1 unspecified atom stereocenters. The van der Waals surface area contributed by atoms with Gasteiger partial charge in [-0.3, -0.25) is 14.9 Å². The Morgan fingerprint density at radius 3 is 2.27 bits per heavy atom. The summed E-state index contributed by atoms with van der Waals surface area (Å²) in [6.45, 7) is 4.41.